The Morgan fingerprint density at radius 1 is 1.18 bits per heavy atom. The highest BCUT2D eigenvalue weighted by atomic mass is 19.1. The molecule has 0 aliphatic carbocycles. The predicted molar refractivity (Wildman–Crippen MR) is 82.8 cm³/mol. The van der Waals surface area contributed by atoms with Gasteiger partial charge in [-0.25, -0.2) is 14.2 Å². The van der Waals surface area contributed by atoms with Crippen molar-refractivity contribution >= 4 is 17.9 Å². The van der Waals surface area contributed by atoms with Gasteiger partial charge in [-0.3, -0.25) is 0 Å². The number of cyclic esters (lactones) is 1. The number of aryl methyl sites for hydroxylation is 1. The number of rotatable bonds is 3. The number of carbonyl (C=O) groups excluding carboxylic acids is 1. The molecule has 1 heterocycles. The van der Waals surface area contributed by atoms with Crippen LogP contribution < -0.4 is 0 Å². The first-order chi connectivity index (χ1) is 10.7. The lowest BCUT2D eigenvalue weighted by Crippen LogP contribution is -2.05. The molecule has 0 amide bonds. The molecule has 0 atom stereocenters. The molecule has 0 spiro atoms. The monoisotopic (exact) mass is 295 g/mol. The SMILES string of the molecule is CCc1ccc(/C=C2\N=C(c3cccc(F)c3)OC2=O)cc1. The molecule has 4 heteroatoms. The predicted octanol–water partition coefficient (Wildman–Crippen LogP) is 3.73. The normalized spacial score (nSPS) is 15.8. The summed E-state index contributed by atoms with van der Waals surface area (Å²) in [6.45, 7) is 2.08. The summed E-state index contributed by atoms with van der Waals surface area (Å²) in [4.78, 5) is 16.0. The van der Waals surface area contributed by atoms with Crippen molar-refractivity contribution in [3.8, 4) is 0 Å². The molecule has 0 radical (unpaired) electrons. The summed E-state index contributed by atoms with van der Waals surface area (Å²) in [5, 5.41) is 0. The molecule has 0 fully saturated rings. The van der Waals surface area contributed by atoms with Crippen LogP contribution in [0.15, 0.2) is 59.2 Å². The molecule has 22 heavy (non-hydrogen) atoms. The van der Waals surface area contributed by atoms with Crippen LogP contribution in [0.25, 0.3) is 6.08 Å². The number of carbonyl (C=O) groups is 1. The highest BCUT2D eigenvalue weighted by Gasteiger charge is 2.24. The van der Waals surface area contributed by atoms with E-state index in [4.69, 9.17) is 4.74 Å². The molecule has 3 nitrogen and oxygen atoms in total. The smallest absolute Gasteiger partial charge is 0.363 e. The van der Waals surface area contributed by atoms with Crippen molar-refractivity contribution in [2.45, 2.75) is 13.3 Å². The minimum atomic E-state index is -0.529. The summed E-state index contributed by atoms with van der Waals surface area (Å²) in [6.07, 6.45) is 2.62. The van der Waals surface area contributed by atoms with Gasteiger partial charge in [0.25, 0.3) is 0 Å². The number of aliphatic imine (C=N–C) groups is 1. The van der Waals surface area contributed by atoms with Gasteiger partial charge in [0.2, 0.25) is 5.90 Å². The Labute approximate surface area is 127 Å². The fourth-order valence-corrected chi connectivity index (χ4v) is 2.16. The second kappa shape index (κ2) is 5.93. The fourth-order valence-electron chi connectivity index (χ4n) is 2.16. The Morgan fingerprint density at radius 3 is 2.64 bits per heavy atom. The number of hydrogen-bond acceptors (Lipinski definition) is 3. The van der Waals surface area contributed by atoms with E-state index < -0.39 is 11.8 Å². The molecular weight excluding hydrogens is 281 g/mol. The molecule has 1 aliphatic rings. The van der Waals surface area contributed by atoms with Gasteiger partial charge < -0.3 is 4.74 Å². The van der Waals surface area contributed by atoms with Gasteiger partial charge in [0.15, 0.2) is 5.70 Å². The van der Waals surface area contributed by atoms with Crippen molar-refractivity contribution in [1.29, 1.82) is 0 Å². The van der Waals surface area contributed by atoms with Crippen molar-refractivity contribution in [2.75, 3.05) is 0 Å². The molecule has 3 rings (SSSR count). The van der Waals surface area contributed by atoms with Crippen LogP contribution in [0.2, 0.25) is 0 Å². The van der Waals surface area contributed by atoms with Gasteiger partial charge in [-0.15, -0.1) is 0 Å². The molecule has 0 bridgehead atoms. The molecule has 110 valence electrons. The summed E-state index contributed by atoms with van der Waals surface area (Å²) < 4.78 is 18.3. The third-order valence-corrected chi connectivity index (χ3v) is 3.38. The highest BCUT2D eigenvalue weighted by molar-refractivity contribution is 6.12. The van der Waals surface area contributed by atoms with E-state index in [2.05, 4.69) is 11.9 Å². The van der Waals surface area contributed by atoms with Gasteiger partial charge in [0.05, 0.1) is 0 Å². The second-order valence-electron chi connectivity index (χ2n) is 4.94. The highest BCUT2D eigenvalue weighted by Crippen LogP contribution is 2.19. The van der Waals surface area contributed by atoms with Crippen LogP contribution in [0, 0.1) is 5.82 Å². The maximum absolute atomic E-state index is 13.2. The zero-order valence-electron chi connectivity index (χ0n) is 12.0. The Balaban J connectivity index is 1.90. The van der Waals surface area contributed by atoms with E-state index in [1.165, 1.54) is 17.7 Å². The first-order valence-electron chi connectivity index (χ1n) is 7.03. The van der Waals surface area contributed by atoms with Crippen molar-refractivity contribution in [2.24, 2.45) is 4.99 Å². The third-order valence-electron chi connectivity index (χ3n) is 3.38. The van der Waals surface area contributed by atoms with Crippen molar-refractivity contribution in [1.82, 2.24) is 0 Å². The molecule has 2 aromatic carbocycles. The zero-order chi connectivity index (χ0) is 15.5. The number of halogens is 1. The number of ether oxygens (including phenoxy) is 1. The lowest BCUT2D eigenvalue weighted by atomic mass is 10.1. The maximum Gasteiger partial charge on any atom is 0.363 e. The number of nitrogens with zero attached hydrogens (tertiary/aromatic N) is 1. The van der Waals surface area contributed by atoms with E-state index in [-0.39, 0.29) is 11.6 Å². The van der Waals surface area contributed by atoms with Gasteiger partial charge in [-0.05, 0) is 41.8 Å². The Kier molecular flexibility index (Phi) is 3.83. The molecule has 0 aromatic heterocycles. The summed E-state index contributed by atoms with van der Waals surface area (Å²) in [7, 11) is 0. The largest absolute Gasteiger partial charge is 0.402 e. The summed E-state index contributed by atoms with van der Waals surface area (Å²) in [6, 6.07) is 13.7. The van der Waals surface area contributed by atoms with Crippen LogP contribution in [0.4, 0.5) is 4.39 Å². The summed E-state index contributed by atoms with van der Waals surface area (Å²) in [5.41, 5.74) is 2.75. The van der Waals surface area contributed by atoms with Crippen LogP contribution in [-0.2, 0) is 16.0 Å². The molecule has 1 aliphatic heterocycles. The van der Waals surface area contributed by atoms with Crippen molar-refractivity contribution < 1.29 is 13.9 Å². The maximum atomic E-state index is 13.2. The standard InChI is InChI=1S/C18H14FNO2/c1-2-12-6-8-13(9-7-12)10-16-18(21)22-17(20-16)14-4-3-5-15(19)11-14/h3-11H,2H2,1H3/b16-10-. The van der Waals surface area contributed by atoms with Crippen LogP contribution in [0.5, 0.6) is 0 Å². The second-order valence-corrected chi connectivity index (χ2v) is 4.94. The number of benzene rings is 2. The van der Waals surface area contributed by atoms with Crippen LogP contribution in [0.1, 0.15) is 23.6 Å². The van der Waals surface area contributed by atoms with E-state index in [1.54, 1.807) is 18.2 Å². The van der Waals surface area contributed by atoms with E-state index in [0.29, 0.717) is 5.56 Å². The van der Waals surface area contributed by atoms with Crippen molar-refractivity contribution in [3.05, 3.63) is 76.7 Å². The first kappa shape index (κ1) is 14.2. The Bertz CT molecular complexity index is 776. The molecule has 0 N–H and O–H groups in total. The first-order valence-corrected chi connectivity index (χ1v) is 7.03. The minimum Gasteiger partial charge on any atom is -0.402 e. The number of hydrogen-bond donors (Lipinski definition) is 0. The van der Waals surface area contributed by atoms with Crippen LogP contribution >= 0.6 is 0 Å². The molecule has 0 saturated heterocycles. The van der Waals surface area contributed by atoms with E-state index in [9.17, 15) is 9.18 Å². The zero-order valence-corrected chi connectivity index (χ0v) is 12.0. The lowest BCUT2D eigenvalue weighted by molar-refractivity contribution is -0.129. The Morgan fingerprint density at radius 2 is 1.95 bits per heavy atom. The van der Waals surface area contributed by atoms with E-state index in [1.807, 2.05) is 24.3 Å². The van der Waals surface area contributed by atoms with Crippen LogP contribution in [0.3, 0.4) is 0 Å². The minimum absolute atomic E-state index is 0.126. The third kappa shape index (κ3) is 2.96. The van der Waals surface area contributed by atoms with Gasteiger partial charge in [-0.2, -0.15) is 0 Å². The Hall–Kier alpha value is -2.75. The van der Waals surface area contributed by atoms with Gasteiger partial charge >= 0.3 is 5.97 Å². The average molecular weight is 295 g/mol. The summed E-state index contributed by atoms with van der Waals surface area (Å²) >= 11 is 0. The average Bonchev–Trinajstić information content (AvgIpc) is 2.89. The lowest BCUT2D eigenvalue weighted by Gasteiger charge is -1.98. The van der Waals surface area contributed by atoms with E-state index >= 15 is 0 Å². The number of esters is 1. The molecule has 0 unspecified atom stereocenters. The summed E-state index contributed by atoms with van der Waals surface area (Å²) in [5.74, 6) is -0.802. The van der Waals surface area contributed by atoms with Crippen LogP contribution in [-0.4, -0.2) is 11.9 Å². The fraction of sp³-hybridized carbons (Fsp3) is 0.111. The molecular formula is C18H14FNO2. The van der Waals surface area contributed by atoms with E-state index in [0.717, 1.165) is 12.0 Å². The van der Waals surface area contributed by atoms with Gasteiger partial charge in [0.1, 0.15) is 5.82 Å². The van der Waals surface area contributed by atoms with Gasteiger partial charge in [-0.1, -0.05) is 37.3 Å². The quantitative estimate of drug-likeness (QED) is 0.639. The van der Waals surface area contributed by atoms with Gasteiger partial charge in [0, 0.05) is 5.56 Å². The topological polar surface area (TPSA) is 38.7 Å². The molecule has 2 aromatic rings. The molecule has 0 saturated carbocycles. The van der Waals surface area contributed by atoms with Crippen molar-refractivity contribution in [3.63, 3.8) is 0 Å².